The molecule has 1 aliphatic heterocycles. The summed E-state index contributed by atoms with van der Waals surface area (Å²) in [6.07, 6.45) is 1.84. The Morgan fingerprint density at radius 1 is 1.14 bits per heavy atom. The second-order valence-corrected chi connectivity index (χ2v) is 7.99. The highest BCUT2D eigenvalue weighted by atomic mass is 32.1. The molecule has 6 heteroatoms. The first-order valence-corrected chi connectivity index (χ1v) is 10.1. The van der Waals surface area contributed by atoms with Gasteiger partial charge in [-0.3, -0.25) is 14.0 Å². The fourth-order valence-corrected chi connectivity index (χ4v) is 4.83. The van der Waals surface area contributed by atoms with Crippen LogP contribution >= 0.6 is 11.3 Å². The van der Waals surface area contributed by atoms with Crippen LogP contribution in [0.3, 0.4) is 0 Å². The highest BCUT2D eigenvalue weighted by Crippen LogP contribution is 2.30. The lowest BCUT2D eigenvalue weighted by Gasteiger charge is -2.18. The van der Waals surface area contributed by atoms with Gasteiger partial charge in [0.15, 0.2) is 0 Å². The van der Waals surface area contributed by atoms with E-state index in [1.165, 1.54) is 11.3 Å². The number of rotatable bonds is 2. The van der Waals surface area contributed by atoms with E-state index in [4.69, 9.17) is 0 Å². The lowest BCUT2D eigenvalue weighted by molar-refractivity contribution is 0.0766. The Hall–Kier alpha value is -2.96. The minimum Gasteiger partial charge on any atom is -0.391 e. The van der Waals surface area contributed by atoms with Gasteiger partial charge in [0.25, 0.3) is 11.5 Å². The molecule has 140 valence electrons. The molecule has 1 N–H and O–H groups in total. The maximum Gasteiger partial charge on any atom is 0.263 e. The SMILES string of the molecule is O=C(c1cc(-c2ccccc2)c(=O)n2ccc3ccsc3c12)N1CC[C@H](O)C1. The van der Waals surface area contributed by atoms with Gasteiger partial charge in [-0.1, -0.05) is 30.3 Å². The zero-order valence-electron chi connectivity index (χ0n) is 15.0. The summed E-state index contributed by atoms with van der Waals surface area (Å²) < 4.78 is 2.50. The van der Waals surface area contributed by atoms with Gasteiger partial charge in [-0.25, -0.2) is 0 Å². The molecule has 4 heterocycles. The van der Waals surface area contributed by atoms with Crippen LogP contribution in [0.1, 0.15) is 16.8 Å². The molecule has 0 unspecified atom stereocenters. The molecule has 0 radical (unpaired) electrons. The lowest BCUT2D eigenvalue weighted by atomic mass is 10.0. The molecule has 0 spiro atoms. The summed E-state index contributed by atoms with van der Waals surface area (Å²) >= 11 is 1.52. The smallest absolute Gasteiger partial charge is 0.263 e. The first-order chi connectivity index (χ1) is 13.6. The van der Waals surface area contributed by atoms with E-state index >= 15 is 0 Å². The predicted molar refractivity (Wildman–Crippen MR) is 111 cm³/mol. The van der Waals surface area contributed by atoms with Crippen LogP contribution in [0.2, 0.25) is 0 Å². The van der Waals surface area contributed by atoms with Crippen molar-refractivity contribution in [2.75, 3.05) is 13.1 Å². The average Bonchev–Trinajstić information content (AvgIpc) is 3.37. The molecule has 1 atom stereocenters. The third-order valence-electron chi connectivity index (χ3n) is 5.31. The van der Waals surface area contributed by atoms with Crippen molar-refractivity contribution in [3.63, 3.8) is 0 Å². The van der Waals surface area contributed by atoms with E-state index in [2.05, 4.69) is 0 Å². The number of hydrogen-bond donors (Lipinski definition) is 1. The van der Waals surface area contributed by atoms with Crippen molar-refractivity contribution in [2.24, 2.45) is 0 Å². The molecule has 5 rings (SSSR count). The Kier molecular flexibility index (Phi) is 4.03. The number of carbonyl (C=O) groups is 1. The summed E-state index contributed by atoms with van der Waals surface area (Å²) in [7, 11) is 0. The number of nitrogens with zero attached hydrogens (tertiary/aromatic N) is 2. The maximum atomic E-state index is 13.4. The van der Waals surface area contributed by atoms with Crippen molar-refractivity contribution in [2.45, 2.75) is 12.5 Å². The number of β-amino-alcohol motifs (C(OH)–C–C–N with tert-alkyl or cyclic N) is 1. The van der Waals surface area contributed by atoms with Gasteiger partial charge in [0.05, 0.1) is 21.9 Å². The Morgan fingerprint density at radius 3 is 2.71 bits per heavy atom. The summed E-state index contributed by atoms with van der Waals surface area (Å²) in [5, 5.41) is 12.9. The molecule has 1 amide bonds. The van der Waals surface area contributed by atoms with Crippen LogP contribution in [0.4, 0.5) is 0 Å². The molecular formula is C22H18N2O3S. The molecule has 28 heavy (non-hydrogen) atoms. The largest absolute Gasteiger partial charge is 0.391 e. The van der Waals surface area contributed by atoms with Crippen molar-refractivity contribution in [1.29, 1.82) is 0 Å². The summed E-state index contributed by atoms with van der Waals surface area (Å²) in [6.45, 7) is 0.845. The number of likely N-dealkylation sites (tertiary alicyclic amines) is 1. The van der Waals surface area contributed by atoms with E-state index in [0.29, 0.717) is 36.2 Å². The fraction of sp³-hybridized carbons (Fsp3) is 0.182. The zero-order valence-corrected chi connectivity index (χ0v) is 15.9. The fourth-order valence-electron chi connectivity index (χ4n) is 3.89. The van der Waals surface area contributed by atoms with E-state index in [9.17, 15) is 14.7 Å². The predicted octanol–water partition coefficient (Wildman–Crippen LogP) is 3.39. The number of carbonyl (C=O) groups excluding carboxylic acids is 1. The van der Waals surface area contributed by atoms with Gasteiger partial charge in [0.2, 0.25) is 0 Å². The molecule has 0 bridgehead atoms. The molecule has 5 nitrogen and oxygen atoms in total. The molecular weight excluding hydrogens is 372 g/mol. The van der Waals surface area contributed by atoms with Crippen molar-refractivity contribution in [3.05, 3.63) is 76.0 Å². The molecule has 1 aliphatic rings. The normalized spacial score (nSPS) is 16.9. The summed E-state index contributed by atoms with van der Waals surface area (Å²) in [5.74, 6) is -0.146. The van der Waals surface area contributed by atoms with E-state index in [1.807, 2.05) is 47.8 Å². The van der Waals surface area contributed by atoms with Crippen molar-refractivity contribution in [1.82, 2.24) is 9.30 Å². The number of aliphatic hydroxyl groups excluding tert-OH is 1. The molecule has 1 fully saturated rings. The number of amides is 1. The van der Waals surface area contributed by atoms with Crippen LogP contribution < -0.4 is 5.56 Å². The van der Waals surface area contributed by atoms with Crippen molar-refractivity contribution in [3.8, 4) is 11.1 Å². The van der Waals surface area contributed by atoms with Crippen LogP contribution in [0.25, 0.3) is 26.7 Å². The van der Waals surface area contributed by atoms with E-state index in [-0.39, 0.29) is 11.5 Å². The van der Waals surface area contributed by atoms with Crippen LogP contribution in [-0.2, 0) is 0 Å². The van der Waals surface area contributed by atoms with Crippen LogP contribution in [0, 0.1) is 0 Å². The quantitative estimate of drug-likeness (QED) is 0.571. The Bertz CT molecular complexity index is 1260. The Morgan fingerprint density at radius 2 is 1.96 bits per heavy atom. The Balaban J connectivity index is 1.83. The van der Waals surface area contributed by atoms with Gasteiger partial charge in [0.1, 0.15) is 0 Å². The van der Waals surface area contributed by atoms with Gasteiger partial charge < -0.3 is 10.0 Å². The minimum absolute atomic E-state index is 0.144. The number of hydrogen-bond acceptors (Lipinski definition) is 4. The summed E-state index contributed by atoms with van der Waals surface area (Å²) in [6, 6.07) is 15.0. The third-order valence-corrected chi connectivity index (χ3v) is 6.25. The number of thiophene rings is 1. The maximum absolute atomic E-state index is 13.4. The first kappa shape index (κ1) is 17.2. The van der Waals surface area contributed by atoms with E-state index in [0.717, 1.165) is 15.6 Å². The number of aliphatic hydroxyl groups is 1. The highest BCUT2D eigenvalue weighted by molar-refractivity contribution is 7.18. The summed E-state index contributed by atoms with van der Waals surface area (Å²) in [4.78, 5) is 28.3. The van der Waals surface area contributed by atoms with E-state index < -0.39 is 6.10 Å². The van der Waals surface area contributed by atoms with Gasteiger partial charge >= 0.3 is 0 Å². The van der Waals surface area contributed by atoms with Crippen LogP contribution in [0.15, 0.2) is 64.9 Å². The molecule has 4 aromatic rings. The van der Waals surface area contributed by atoms with Crippen molar-refractivity contribution >= 4 is 32.8 Å². The van der Waals surface area contributed by atoms with Crippen molar-refractivity contribution < 1.29 is 9.90 Å². The van der Waals surface area contributed by atoms with Gasteiger partial charge in [-0.05, 0) is 40.9 Å². The number of aromatic nitrogens is 1. The zero-order chi connectivity index (χ0) is 19.3. The number of fused-ring (bicyclic) bond motifs is 3. The van der Waals surface area contributed by atoms with E-state index in [1.54, 1.807) is 21.6 Å². The number of pyridine rings is 2. The number of benzene rings is 1. The molecule has 0 aliphatic carbocycles. The van der Waals surface area contributed by atoms with Gasteiger partial charge in [0, 0.05) is 24.8 Å². The minimum atomic E-state index is -0.489. The van der Waals surface area contributed by atoms with Gasteiger partial charge in [-0.2, -0.15) is 0 Å². The standard InChI is InChI=1S/C22H18N2O3S/c25-16-7-9-23(13-16)21(26)18-12-17(14-4-2-1-3-5-14)22(27)24-10-6-15-8-11-28-20(15)19(18)24/h1-6,8,10-12,16,25H,7,9,13H2/t16-/m0/s1. The van der Waals surface area contributed by atoms with Crippen LogP contribution in [0.5, 0.6) is 0 Å². The average molecular weight is 390 g/mol. The lowest BCUT2D eigenvalue weighted by Crippen LogP contribution is -2.31. The first-order valence-electron chi connectivity index (χ1n) is 9.22. The third kappa shape index (κ3) is 2.65. The van der Waals surface area contributed by atoms with Gasteiger partial charge in [-0.15, -0.1) is 11.3 Å². The highest BCUT2D eigenvalue weighted by Gasteiger charge is 2.28. The second-order valence-electron chi connectivity index (χ2n) is 7.08. The molecule has 1 aromatic carbocycles. The monoisotopic (exact) mass is 390 g/mol. The molecule has 0 saturated carbocycles. The Labute approximate surface area is 165 Å². The second kappa shape index (κ2) is 6.58. The molecule has 3 aromatic heterocycles. The topological polar surface area (TPSA) is 62.0 Å². The summed E-state index contributed by atoms with van der Waals surface area (Å²) in [5.41, 5.74) is 2.28. The molecule has 1 saturated heterocycles. The van der Waals surface area contributed by atoms with Crippen LogP contribution in [-0.4, -0.2) is 39.5 Å².